The molecular weight excluding hydrogens is 895 g/mol. The molecule has 0 spiro atoms. The lowest BCUT2D eigenvalue weighted by atomic mass is 9.98. The molecule has 0 unspecified atom stereocenters. The van der Waals surface area contributed by atoms with E-state index in [1.54, 1.807) is 0 Å². The molecule has 0 aromatic heterocycles. The number of aliphatic hydroxyl groups excluding tert-OH is 6. The number of rotatable bonds is 44. The lowest BCUT2D eigenvalue weighted by Gasteiger charge is -2.44. The number of hydrogen-bond donors (Lipinski definition) is 7. The Hall–Kier alpha value is -1.58. The Kier molecular flexibility index (Phi) is 37.6. The Balaban J connectivity index is 1.86. The number of carbonyl (C=O) groups excluding carboxylic acids is 2. The summed E-state index contributed by atoms with van der Waals surface area (Å²) in [5, 5.41) is 63.2. The van der Waals surface area contributed by atoms with Crippen LogP contribution in [0.4, 0.5) is 0 Å². The molecule has 2 rings (SSSR count). The zero-order chi connectivity index (χ0) is 50.5. The van der Waals surface area contributed by atoms with Gasteiger partial charge in [-0.3, -0.25) is 14.4 Å². The lowest BCUT2D eigenvalue weighted by molar-refractivity contribution is -0.349. The van der Waals surface area contributed by atoms with Crippen LogP contribution in [0.25, 0.3) is 0 Å². The molecule has 0 aromatic rings. The maximum atomic E-state index is 13.1. The van der Waals surface area contributed by atoms with Gasteiger partial charge in [0, 0.05) is 20.0 Å². The van der Waals surface area contributed by atoms with Gasteiger partial charge in [0.2, 0.25) is 0 Å². The number of aliphatic hydroxyl groups is 6. The van der Waals surface area contributed by atoms with Crippen molar-refractivity contribution in [2.45, 2.75) is 293 Å². The minimum Gasteiger partial charge on any atom is -0.462 e. The van der Waals surface area contributed by atoms with Gasteiger partial charge in [0.1, 0.15) is 55.4 Å². The highest BCUT2D eigenvalue weighted by Crippen LogP contribution is 2.28. The maximum absolute atomic E-state index is 13.1. The van der Waals surface area contributed by atoms with Crippen LogP contribution in [0.2, 0.25) is 0 Å². The second-order valence-corrected chi connectivity index (χ2v) is 19.6. The molecule has 0 saturated carbocycles. The first kappa shape index (κ1) is 63.5. The van der Waals surface area contributed by atoms with Gasteiger partial charge < -0.3 is 63.8 Å². The molecule has 8 N–H and O–H groups in total. The van der Waals surface area contributed by atoms with Crippen molar-refractivity contribution >= 4 is 11.9 Å². The Labute approximate surface area is 415 Å². The number of hydrogen-bond acceptors (Lipinski definition) is 17. The van der Waals surface area contributed by atoms with Crippen LogP contribution >= 0.6 is 0 Å². The van der Waals surface area contributed by atoms with Crippen molar-refractivity contribution < 1.29 is 78.2 Å². The van der Waals surface area contributed by atoms with E-state index in [1.165, 1.54) is 141 Å². The van der Waals surface area contributed by atoms with E-state index in [1.807, 2.05) is 0 Å². The first-order valence-electron chi connectivity index (χ1n) is 27.3. The predicted octanol–water partition coefficient (Wildman–Crippen LogP) is 7.48. The molecule has 17 nitrogen and oxygen atoms in total. The maximum Gasteiger partial charge on any atom is 0.306 e. The predicted molar refractivity (Wildman–Crippen MR) is 261 cm³/mol. The Morgan fingerprint density at radius 1 is 0.507 bits per heavy atom. The fourth-order valence-electron chi connectivity index (χ4n) is 9.01. The molecule has 69 heavy (non-hydrogen) atoms. The van der Waals surface area contributed by atoms with E-state index in [-0.39, 0.29) is 26.1 Å². The molecule has 2 saturated heterocycles. The van der Waals surface area contributed by atoms with Crippen molar-refractivity contribution in [1.82, 2.24) is 0 Å². The van der Waals surface area contributed by atoms with Gasteiger partial charge in [-0.1, -0.05) is 194 Å². The largest absolute Gasteiger partial charge is 0.462 e. The average molecular weight is 994 g/mol. The van der Waals surface area contributed by atoms with Crippen LogP contribution in [0.1, 0.15) is 219 Å². The van der Waals surface area contributed by atoms with E-state index in [9.17, 15) is 40.2 Å². The highest BCUT2D eigenvalue weighted by atomic mass is 16.7. The van der Waals surface area contributed by atoms with Crippen molar-refractivity contribution in [3.05, 3.63) is 0 Å². The molecule has 2 aliphatic rings. The van der Waals surface area contributed by atoms with Crippen LogP contribution < -0.4 is 5.90 Å². The van der Waals surface area contributed by atoms with Crippen molar-refractivity contribution in [2.75, 3.05) is 26.9 Å². The summed E-state index contributed by atoms with van der Waals surface area (Å²) in [7, 11) is 1.15. The minimum absolute atomic E-state index is 0.169. The SMILES string of the molecule is CCCCCCCCCCCCCCCCCC(=O)OC[C@H](CO[C@@H]1O[C@H](CO[C@H]2O[C@H]([C@@H](O)OC)[C@H](O)[C@H](O)[C@H]2O)[C@H](O)[C@H](ON)[C@H]1O)OC(=O)CCCCCCCCCCCCCCCCC. The number of nitrogens with two attached hydrogens (primary N) is 1. The van der Waals surface area contributed by atoms with Crippen LogP contribution in [0, 0.1) is 0 Å². The molecule has 2 aliphatic heterocycles. The Morgan fingerprint density at radius 3 is 1.36 bits per heavy atom. The molecule has 0 amide bonds. The molecule has 2 fully saturated rings. The standard InChI is InChI=1S/C52H99NO16/c1-4-6-8-10-12-14-16-18-20-22-24-26-28-30-32-34-41(54)63-36-39(66-42(55)35-33-31-29-27-25-23-21-19-17-15-13-11-9-7-5-2)37-64-52-47(60)48(69-53)43(56)40(67-52)38-65-51-46(59)44(57)45(58)49(68-51)50(61)62-3/h39-40,43-52,56-61H,4-38,53H2,1-3H3/t39-,40-,43+,44+,45-,46-,47-,48+,49+,50+,51+,52-/m1/s1. The summed E-state index contributed by atoms with van der Waals surface area (Å²) in [6, 6.07) is 0. The Bertz CT molecular complexity index is 1240. The smallest absolute Gasteiger partial charge is 0.306 e. The number of esters is 2. The monoisotopic (exact) mass is 994 g/mol. The van der Waals surface area contributed by atoms with Gasteiger partial charge in [0.05, 0.1) is 13.2 Å². The number of carbonyl (C=O) groups is 2. The van der Waals surface area contributed by atoms with Gasteiger partial charge in [-0.05, 0) is 12.8 Å². The topological polar surface area (TPSA) is 255 Å². The number of ether oxygens (including phenoxy) is 7. The second kappa shape index (κ2) is 40.8. The highest BCUT2D eigenvalue weighted by Gasteiger charge is 2.50. The summed E-state index contributed by atoms with van der Waals surface area (Å²) < 4.78 is 38.9. The first-order valence-corrected chi connectivity index (χ1v) is 27.3. The van der Waals surface area contributed by atoms with E-state index in [0.717, 1.165) is 45.6 Å². The summed E-state index contributed by atoms with van der Waals surface area (Å²) in [6.45, 7) is 3.29. The molecule has 2 heterocycles. The van der Waals surface area contributed by atoms with Gasteiger partial charge in [0.15, 0.2) is 25.0 Å². The second-order valence-electron chi connectivity index (χ2n) is 19.6. The van der Waals surface area contributed by atoms with Gasteiger partial charge in [0.25, 0.3) is 0 Å². The molecule has 0 aromatic carbocycles. The summed E-state index contributed by atoms with van der Waals surface area (Å²) >= 11 is 0. The van der Waals surface area contributed by atoms with Crippen molar-refractivity contribution in [2.24, 2.45) is 5.90 Å². The lowest BCUT2D eigenvalue weighted by Crippen LogP contribution is -2.63. The summed E-state index contributed by atoms with van der Waals surface area (Å²) in [5.74, 6) is 4.54. The molecule has 17 heteroatoms. The molecule has 0 radical (unpaired) electrons. The van der Waals surface area contributed by atoms with E-state index < -0.39 is 92.4 Å². The van der Waals surface area contributed by atoms with Gasteiger partial charge in [-0.25, -0.2) is 5.90 Å². The Morgan fingerprint density at radius 2 is 0.928 bits per heavy atom. The van der Waals surface area contributed by atoms with Crippen LogP contribution in [0.3, 0.4) is 0 Å². The summed E-state index contributed by atoms with van der Waals surface area (Å²) in [6.07, 6.45) is 17.9. The number of unbranched alkanes of at least 4 members (excludes halogenated alkanes) is 28. The molecule has 408 valence electrons. The van der Waals surface area contributed by atoms with Crippen LogP contribution in [0.5, 0.6) is 0 Å². The van der Waals surface area contributed by atoms with Gasteiger partial charge >= 0.3 is 11.9 Å². The molecule has 0 aliphatic carbocycles. The molecule has 0 bridgehead atoms. The quantitative estimate of drug-likeness (QED) is 0.0135. The van der Waals surface area contributed by atoms with Gasteiger partial charge in [-0.2, -0.15) is 0 Å². The van der Waals surface area contributed by atoms with E-state index in [4.69, 9.17) is 43.9 Å². The van der Waals surface area contributed by atoms with Crippen molar-refractivity contribution in [3.8, 4) is 0 Å². The zero-order valence-electron chi connectivity index (χ0n) is 43.0. The third kappa shape index (κ3) is 27.9. The average Bonchev–Trinajstić information content (AvgIpc) is 3.34. The van der Waals surface area contributed by atoms with Crippen LogP contribution in [-0.2, 0) is 47.6 Å². The normalized spacial score (nSPS) is 25.9. The van der Waals surface area contributed by atoms with Crippen molar-refractivity contribution in [1.29, 1.82) is 0 Å². The highest BCUT2D eigenvalue weighted by molar-refractivity contribution is 5.70. The summed E-state index contributed by atoms with van der Waals surface area (Å²) in [5.41, 5.74) is 0. The minimum atomic E-state index is -1.79. The molecular formula is C52H99NO16. The molecule has 12 atom stereocenters. The third-order valence-electron chi connectivity index (χ3n) is 13.5. The van der Waals surface area contributed by atoms with Crippen molar-refractivity contribution in [3.63, 3.8) is 0 Å². The van der Waals surface area contributed by atoms with E-state index >= 15 is 0 Å². The van der Waals surface area contributed by atoms with E-state index in [2.05, 4.69) is 13.8 Å². The number of methoxy groups -OCH3 is 1. The van der Waals surface area contributed by atoms with Crippen LogP contribution in [-0.4, -0.2) is 143 Å². The zero-order valence-corrected chi connectivity index (χ0v) is 43.0. The third-order valence-corrected chi connectivity index (χ3v) is 13.5. The van der Waals surface area contributed by atoms with E-state index in [0.29, 0.717) is 12.8 Å². The van der Waals surface area contributed by atoms with Crippen LogP contribution in [0.15, 0.2) is 0 Å². The fraction of sp³-hybridized carbons (Fsp3) is 0.962. The fourth-order valence-corrected chi connectivity index (χ4v) is 9.01. The van der Waals surface area contributed by atoms with Gasteiger partial charge in [-0.15, -0.1) is 0 Å². The summed E-state index contributed by atoms with van der Waals surface area (Å²) in [4.78, 5) is 30.8. The first-order chi connectivity index (χ1) is 33.5.